The molecule has 0 radical (unpaired) electrons. The van der Waals surface area contributed by atoms with E-state index in [2.05, 4.69) is 15.2 Å². The van der Waals surface area contributed by atoms with E-state index in [9.17, 15) is 23.3 Å². The minimum Gasteiger partial charge on any atom is -0.275 e. The summed E-state index contributed by atoms with van der Waals surface area (Å²) in [6.07, 6.45) is -2.51. The quantitative estimate of drug-likeness (QED) is 0.510. The molecule has 0 spiro atoms. The maximum atomic E-state index is 12.9. The molecule has 0 fully saturated rings. The van der Waals surface area contributed by atoms with Crippen LogP contribution in [0, 0.1) is 10.1 Å². The summed E-state index contributed by atoms with van der Waals surface area (Å²) in [4.78, 5) is 14.2. The highest BCUT2D eigenvalue weighted by atomic mass is 35.5. The largest absolute Gasteiger partial charge is 0.417 e. The zero-order valence-electron chi connectivity index (χ0n) is 11.4. The standard InChI is InChI=1S/C12H5ClF3N5O2S/c13-7-4-6(12(14,15)16)5-20-9(7)18-19-11(20)24-10-8(21(22)23)2-1-3-17-10/h1-5H. The lowest BCUT2D eigenvalue weighted by molar-refractivity contribution is -0.388. The predicted molar refractivity (Wildman–Crippen MR) is 78.0 cm³/mol. The Morgan fingerprint density at radius 3 is 2.75 bits per heavy atom. The van der Waals surface area contributed by atoms with Crippen LogP contribution in [-0.2, 0) is 6.18 Å². The summed E-state index contributed by atoms with van der Waals surface area (Å²) in [5, 5.41) is 18.1. The SMILES string of the molecule is O=[N+]([O-])c1cccnc1Sc1nnc2c(Cl)cc(C(F)(F)F)cn12. The molecule has 3 aromatic rings. The molecule has 124 valence electrons. The molecule has 3 heterocycles. The first kappa shape index (κ1) is 16.5. The molecule has 0 bridgehead atoms. The van der Waals surface area contributed by atoms with Crippen LogP contribution in [0.5, 0.6) is 0 Å². The van der Waals surface area contributed by atoms with E-state index in [0.29, 0.717) is 0 Å². The summed E-state index contributed by atoms with van der Waals surface area (Å²) in [6.45, 7) is 0. The van der Waals surface area contributed by atoms with Gasteiger partial charge in [-0.3, -0.25) is 14.5 Å². The van der Waals surface area contributed by atoms with Gasteiger partial charge in [0, 0.05) is 18.5 Å². The number of pyridine rings is 2. The molecular weight excluding hydrogens is 371 g/mol. The number of nitrogens with zero attached hydrogens (tertiary/aromatic N) is 5. The Labute approximate surface area is 140 Å². The van der Waals surface area contributed by atoms with Gasteiger partial charge in [0.15, 0.2) is 10.7 Å². The first-order valence-electron chi connectivity index (χ1n) is 6.16. The van der Waals surface area contributed by atoms with E-state index >= 15 is 0 Å². The Bertz CT molecular complexity index is 946. The van der Waals surface area contributed by atoms with Gasteiger partial charge in [0.1, 0.15) is 0 Å². The average Bonchev–Trinajstić information content (AvgIpc) is 2.90. The second-order valence-corrected chi connectivity index (χ2v) is 5.80. The fourth-order valence-electron chi connectivity index (χ4n) is 1.84. The van der Waals surface area contributed by atoms with Crippen molar-refractivity contribution < 1.29 is 18.1 Å². The Kier molecular flexibility index (Phi) is 4.05. The summed E-state index contributed by atoms with van der Waals surface area (Å²) in [7, 11) is 0. The van der Waals surface area contributed by atoms with E-state index in [1.54, 1.807) is 0 Å². The number of nitro groups is 1. The summed E-state index contributed by atoms with van der Waals surface area (Å²) in [5.74, 6) is 0. The Morgan fingerprint density at radius 1 is 1.33 bits per heavy atom. The second-order valence-electron chi connectivity index (χ2n) is 4.44. The summed E-state index contributed by atoms with van der Waals surface area (Å²) in [5.41, 5.74) is -1.28. The van der Waals surface area contributed by atoms with Crippen molar-refractivity contribution >= 4 is 34.7 Å². The molecule has 0 atom stereocenters. The molecule has 3 rings (SSSR count). The van der Waals surface area contributed by atoms with Crippen LogP contribution in [0.3, 0.4) is 0 Å². The third kappa shape index (κ3) is 2.99. The van der Waals surface area contributed by atoms with Crippen molar-refractivity contribution in [2.75, 3.05) is 0 Å². The zero-order chi connectivity index (χ0) is 17.5. The van der Waals surface area contributed by atoms with Crippen molar-refractivity contribution in [1.82, 2.24) is 19.6 Å². The molecule has 0 saturated heterocycles. The van der Waals surface area contributed by atoms with Crippen molar-refractivity contribution in [3.05, 3.63) is 51.3 Å². The lowest BCUT2D eigenvalue weighted by Gasteiger charge is -2.08. The van der Waals surface area contributed by atoms with Gasteiger partial charge in [-0.25, -0.2) is 4.98 Å². The van der Waals surface area contributed by atoms with Crippen molar-refractivity contribution in [2.24, 2.45) is 0 Å². The molecular formula is C12H5ClF3N5O2S. The van der Waals surface area contributed by atoms with E-state index in [1.165, 1.54) is 18.3 Å². The number of aromatic nitrogens is 4. The molecule has 0 aliphatic carbocycles. The number of alkyl halides is 3. The molecule has 0 saturated carbocycles. The first-order chi connectivity index (χ1) is 11.3. The molecule has 0 aromatic carbocycles. The van der Waals surface area contributed by atoms with E-state index in [4.69, 9.17) is 11.6 Å². The summed E-state index contributed by atoms with van der Waals surface area (Å²) >= 11 is 6.53. The van der Waals surface area contributed by atoms with E-state index in [-0.39, 0.29) is 26.5 Å². The molecule has 0 aliphatic heterocycles. The topological polar surface area (TPSA) is 86.2 Å². The maximum Gasteiger partial charge on any atom is 0.417 e. The highest BCUT2D eigenvalue weighted by molar-refractivity contribution is 7.99. The van der Waals surface area contributed by atoms with Gasteiger partial charge in [-0.2, -0.15) is 13.2 Å². The number of fused-ring (bicyclic) bond motifs is 1. The molecule has 0 N–H and O–H groups in total. The number of rotatable bonds is 3. The van der Waals surface area contributed by atoms with Crippen LogP contribution in [0.2, 0.25) is 5.02 Å². The van der Waals surface area contributed by atoms with Gasteiger partial charge in [-0.15, -0.1) is 10.2 Å². The van der Waals surface area contributed by atoms with E-state index in [1.807, 2.05) is 0 Å². The molecule has 0 amide bonds. The lowest BCUT2D eigenvalue weighted by Crippen LogP contribution is -2.07. The molecule has 24 heavy (non-hydrogen) atoms. The molecule has 0 aliphatic rings. The van der Waals surface area contributed by atoms with Gasteiger partial charge in [0.25, 0.3) is 0 Å². The minimum absolute atomic E-state index is 0.00532. The van der Waals surface area contributed by atoms with E-state index in [0.717, 1.165) is 28.4 Å². The predicted octanol–water partition coefficient (Wildman–Crippen LogP) is 3.86. The van der Waals surface area contributed by atoms with Crippen molar-refractivity contribution in [3.63, 3.8) is 0 Å². The number of hydrogen-bond acceptors (Lipinski definition) is 6. The van der Waals surface area contributed by atoms with Crippen molar-refractivity contribution in [2.45, 2.75) is 16.4 Å². The highest BCUT2D eigenvalue weighted by Crippen LogP contribution is 2.36. The molecule has 0 unspecified atom stereocenters. The van der Waals surface area contributed by atoms with Gasteiger partial charge in [-0.05, 0) is 23.9 Å². The fourth-order valence-corrected chi connectivity index (χ4v) is 2.94. The Balaban J connectivity index is 2.11. The van der Waals surface area contributed by atoms with Crippen molar-refractivity contribution in [3.8, 4) is 0 Å². The fraction of sp³-hybridized carbons (Fsp3) is 0.0833. The molecule has 7 nitrogen and oxygen atoms in total. The third-order valence-corrected chi connectivity index (χ3v) is 4.14. The number of halogens is 4. The van der Waals surface area contributed by atoms with Crippen LogP contribution in [0.4, 0.5) is 18.9 Å². The van der Waals surface area contributed by atoms with Crippen LogP contribution in [0.1, 0.15) is 5.56 Å². The smallest absolute Gasteiger partial charge is 0.275 e. The summed E-state index contributed by atoms with van der Waals surface area (Å²) in [6, 6.07) is 3.35. The number of hydrogen-bond donors (Lipinski definition) is 0. The maximum absolute atomic E-state index is 12.9. The van der Waals surface area contributed by atoms with Gasteiger partial charge in [0.05, 0.1) is 15.5 Å². The van der Waals surface area contributed by atoms with Gasteiger partial charge in [-0.1, -0.05) is 11.6 Å². The summed E-state index contributed by atoms with van der Waals surface area (Å²) < 4.78 is 39.8. The van der Waals surface area contributed by atoms with Crippen LogP contribution >= 0.6 is 23.4 Å². The normalized spacial score (nSPS) is 11.8. The van der Waals surface area contributed by atoms with E-state index < -0.39 is 16.7 Å². The lowest BCUT2D eigenvalue weighted by atomic mass is 10.3. The third-order valence-electron chi connectivity index (χ3n) is 2.89. The van der Waals surface area contributed by atoms with Crippen LogP contribution in [-0.4, -0.2) is 24.5 Å². The minimum atomic E-state index is -4.61. The first-order valence-corrected chi connectivity index (χ1v) is 7.35. The van der Waals surface area contributed by atoms with Crippen LogP contribution in [0.25, 0.3) is 5.65 Å². The monoisotopic (exact) mass is 375 g/mol. The van der Waals surface area contributed by atoms with Crippen LogP contribution in [0.15, 0.2) is 40.8 Å². The van der Waals surface area contributed by atoms with Gasteiger partial charge in [0.2, 0.25) is 5.16 Å². The van der Waals surface area contributed by atoms with Crippen molar-refractivity contribution in [1.29, 1.82) is 0 Å². The Morgan fingerprint density at radius 2 is 2.08 bits per heavy atom. The molecule has 3 aromatic heterocycles. The highest BCUT2D eigenvalue weighted by Gasteiger charge is 2.32. The zero-order valence-corrected chi connectivity index (χ0v) is 12.9. The van der Waals surface area contributed by atoms with Gasteiger partial charge >= 0.3 is 11.9 Å². The average molecular weight is 376 g/mol. The Hall–Kier alpha value is -2.40. The molecule has 12 heteroatoms. The van der Waals surface area contributed by atoms with Crippen LogP contribution < -0.4 is 0 Å². The second kappa shape index (κ2) is 5.91. The van der Waals surface area contributed by atoms with Gasteiger partial charge < -0.3 is 0 Å².